The van der Waals surface area contributed by atoms with Gasteiger partial charge in [0.05, 0.1) is 17.6 Å². The molecule has 0 saturated carbocycles. The van der Waals surface area contributed by atoms with Crippen LogP contribution in [-0.2, 0) is 17.8 Å². The SMILES string of the molecule is C=CCc1ccccc1OCCn1c(C2CC(=O)N(CC=C)C2)nc2ccccc21. The number of likely N-dealkylation sites (tertiary alicyclic amines) is 1. The Morgan fingerprint density at radius 1 is 1.10 bits per heavy atom. The summed E-state index contributed by atoms with van der Waals surface area (Å²) in [5.41, 5.74) is 3.16. The van der Waals surface area contributed by atoms with E-state index in [0.29, 0.717) is 32.7 Å². The molecule has 2 heterocycles. The minimum absolute atomic E-state index is 0.0814. The molecule has 1 unspecified atom stereocenters. The van der Waals surface area contributed by atoms with Gasteiger partial charge in [0, 0.05) is 25.4 Å². The van der Waals surface area contributed by atoms with E-state index in [9.17, 15) is 4.79 Å². The van der Waals surface area contributed by atoms with Gasteiger partial charge >= 0.3 is 0 Å². The fourth-order valence-corrected chi connectivity index (χ4v) is 4.13. The van der Waals surface area contributed by atoms with Crippen LogP contribution >= 0.6 is 0 Å². The van der Waals surface area contributed by atoms with Crippen LogP contribution in [0, 0.1) is 0 Å². The van der Waals surface area contributed by atoms with Gasteiger partial charge in [-0.15, -0.1) is 13.2 Å². The van der Waals surface area contributed by atoms with Crippen molar-refractivity contribution in [1.29, 1.82) is 0 Å². The Kier molecular flexibility index (Phi) is 5.98. The van der Waals surface area contributed by atoms with Crippen LogP contribution in [0.2, 0.25) is 0 Å². The lowest BCUT2D eigenvalue weighted by Crippen LogP contribution is -2.25. The maximum absolute atomic E-state index is 12.4. The second-order valence-electron chi connectivity index (χ2n) is 7.55. The topological polar surface area (TPSA) is 47.4 Å². The average molecular weight is 402 g/mol. The number of fused-ring (bicyclic) bond motifs is 1. The Morgan fingerprint density at radius 3 is 2.73 bits per heavy atom. The molecule has 1 amide bonds. The summed E-state index contributed by atoms with van der Waals surface area (Å²) in [6.45, 7) is 10.0. The zero-order valence-electron chi connectivity index (χ0n) is 17.2. The third-order valence-electron chi connectivity index (χ3n) is 5.52. The largest absolute Gasteiger partial charge is 0.491 e. The number of ether oxygens (including phenoxy) is 1. The molecule has 0 aliphatic carbocycles. The van der Waals surface area contributed by atoms with Crippen LogP contribution in [0.25, 0.3) is 11.0 Å². The quantitative estimate of drug-likeness (QED) is 0.501. The van der Waals surface area contributed by atoms with Crippen LogP contribution in [0.5, 0.6) is 5.75 Å². The van der Waals surface area contributed by atoms with E-state index in [1.807, 2.05) is 47.4 Å². The van der Waals surface area contributed by atoms with Crippen molar-refractivity contribution in [2.24, 2.45) is 0 Å². The van der Waals surface area contributed by atoms with Crippen molar-refractivity contribution < 1.29 is 9.53 Å². The molecule has 5 nitrogen and oxygen atoms in total. The van der Waals surface area contributed by atoms with Crippen LogP contribution < -0.4 is 4.74 Å². The molecule has 0 spiro atoms. The van der Waals surface area contributed by atoms with Gasteiger partial charge in [0.1, 0.15) is 18.2 Å². The number of para-hydroxylation sites is 3. The zero-order valence-corrected chi connectivity index (χ0v) is 17.2. The molecule has 0 radical (unpaired) electrons. The number of nitrogens with zero attached hydrogens (tertiary/aromatic N) is 3. The van der Waals surface area contributed by atoms with E-state index in [-0.39, 0.29) is 11.8 Å². The highest BCUT2D eigenvalue weighted by Crippen LogP contribution is 2.30. The van der Waals surface area contributed by atoms with Gasteiger partial charge in [-0.25, -0.2) is 4.98 Å². The summed E-state index contributed by atoms with van der Waals surface area (Å²) in [5, 5.41) is 0. The maximum atomic E-state index is 12.4. The van der Waals surface area contributed by atoms with E-state index in [0.717, 1.165) is 34.6 Å². The van der Waals surface area contributed by atoms with Gasteiger partial charge in [0.15, 0.2) is 0 Å². The molecule has 5 heteroatoms. The predicted molar refractivity (Wildman–Crippen MR) is 120 cm³/mol. The predicted octanol–water partition coefficient (Wildman–Crippen LogP) is 4.35. The third-order valence-corrected chi connectivity index (χ3v) is 5.52. The molecule has 1 atom stereocenters. The molecule has 2 aromatic carbocycles. The number of carbonyl (C=O) groups is 1. The minimum Gasteiger partial charge on any atom is -0.491 e. The van der Waals surface area contributed by atoms with Gasteiger partial charge in [0.2, 0.25) is 5.91 Å². The number of allylic oxidation sites excluding steroid dienone is 1. The van der Waals surface area contributed by atoms with Crippen molar-refractivity contribution in [3.8, 4) is 5.75 Å². The summed E-state index contributed by atoms with van der Waals surface area (Å²) in [6, 6.07) is 16.2. The molecule has 1 aromatic heterocycles. The second-order valence-corrected chi connectivity index (χ2v) is 7.55. The molecule has 1 aliphatic rings. The molecule has 1 saturated heterocycles. The maximum Gasteiger partial charge on any atom is 0.223 e. The molecule has 154 valence electrons. The second kappa shape index (κ2) is 8.99. The molecular formula is C25H27N3O2. The number of aromatic nitrogens is 2. The van der Waals surface area contributed by atoms with E-state index < -0.39 is 0 Å². The van der Waals surface area contributed by atoms with E-state index in [2.05, 4.69) is 29.9 Å². The Labute approximate surface area is 177 Å². The Hall–Kier alpha value is -3.34. The molecule has 30 heavy (non-hydrogen) atoms. The minimum atomic E-state index is 0.0814. The van der Waals surface area contributed by atoms with Crippen LogP contribution in [0.4, 0.5) is 0 Å². The third kappa shape index (κ3) is 4.01. The summed E-state index contributed by atoms with van der Waals surface area (Å²) in [4.78, 5) is 19.1. The van der Waals surface area contributed by atoms with E-state index in [1.54, 1.807) is 6.08 Å². The Balaban J connectivity index is 1.56. The smallest absolute Gasteiger partial charge is 0.223 e. The summed E-state index contributed by atoms with van der Waals surface area (Å²) in [6.07, 6.45) is 4.92. The molecule has 1 aliphatic heterocycles. The summed E-state index contributed by atoms with van der Waals surface area (Å²) in [5.74, 6) is 2.08. The van der Waals surface area contributed by atoms with E-state index in [1.165, 1.54) is 0 Å². The molecule has 4 rings (SSSR count). The van der Waals surface area contributed by atoms with Gasteiger partial charge in [-0.2, -0.15) is 0 Å². The number of amides is 1. The summed E-state index contributed by atoms with van der Waals surface area (Å²) in [7, 11) is 0. The van der Waals surface area contributed by atoms with Crippen LogP contribution in [0.1, 0.15) is 23.7 Å². The molecular weight excluding hydrogens is 374 g/mol. The lowest BCUT2D eigenvalue weighted by molar-refractivity contribution is -0.127. The normalized spacial score (nSPS) is 16.2. The van der Waals surface area contributed by atoms with Gasteiger partial charge in [0.25, 0.3) is 0 Å². The first-order chi connectivity index (χ1) is 14.7. The first kappa shape index (κ1) is 20.0. The van der Waals surface area contributed by atoms with Crippen LogP contribution in [0.3, 0.4) is 0 Å². The first-order valence-electron chi connectivity index (χ1n) is 10.4. The van der Waals surface area contributed by atoms with Crippen molar-refractivity contribution in [2.45, 2.75) is 25.3 Å². The van der Waals surface area contributed by atoms with Gasteiger partial charge in [-0.3, -0.25) is 4.79 Å². The highest BCUT2D eigenvalue weighted by molar-refractivity contribution is 5.81. The Morgan fingerprint density at radius 2 is 1.90 bits per heavy atom. The van der Waals surface area contributed by atoms with Gasteiger partial charge < -0.3 is 14.2 Å². The summed E-state index contributed by atoms with van der Waals surface area (Å²) < 4.78 is 8.33. The monoisotopic (exact) mass is 401 g/mol. The molecule has 0 N–H and O–H groups in total. The van der Waals surface area contributed by atoms with Crippen molar-refractivity contribution >= 4 is 16.9 Å². The number of rotatable bonds is 9. The fraction of sp³-hybridized carbons (Fsp3) is 0.280. The lowest BCUT2D eigenvalue weighted by atomic mass is 10.1. The number of hydrogen-bond acceptors (Lipinski definition) is 3. The highest BCUT2D eigenvalue weighted by Gasteiger charge is 2.33. The summed E-state index contributed by atoms with van der Waals surface area (Å²) >= 11 is 0. The van der Waals surface area contributed by atoms with Gasteiger partial charge in [-0.05, 0) is 30.2 Å². The van der Waals surface area contributed by atoms with Crippen molar-refractivity contribution in [3.05, 3.63) is 85.2 Å². The number of carbonyl (C=O) groups excluding carboxylic acids is 1. The average Bonchev–Trinajstić information content (AvgIpc) is 3.30. The van der Waals surface area contributed by atoms with Crippen molar-refractivity contribution in [1.82, 2.24) is 14.5 Å². The van der Waals surface area contributed by atoms with Crippen molar-refractivity contribution in [2.75, 3.05) is 19.7 Å². The highest BCUT2D eigenvalue weighted by atomic mass is 16.5. The Bertz CT molecular complexity index is 1070. The standard InChI is InChI=1S/C25H27N3O2/c1-3-9-19-10-5-8-13-23(19)30-16-15-28-22-12-7-6-11-21(22)26-25(28)20-17-24(29)27(18-20)14-4-2/h3-8,10-13,20H,1-2,9,14-18H2. The number of hydrogen-bond donors (Lipinski definition) is 0. The van der Waals surface area contributed by atoms with E-state index in [4.69, 9.17) is 9.72 Å². The van der Waals surface area contributed by atoms with E-state index >= 15 is 0 Å². The fourth-order valence-electron chi connectivity index (χ4n) is 4.13. The van der Waals surface area contributed by atoms with Crippen LogP contribution in [-0.4, -0.2) is 40.1 Å². The molecule has 0 bridgehead atoms. The van der Waals surface area contributed by atoms with Crippen molar-refractivity contribution in [3.63, 3.8) is 0 Å². The van der Waals surface area contributed by atoms with Crippen LogP contribution in [0.15, 0.2) is 73.8 Å². The molecule has 3 aromatic rings. The molecule has 1 fully saturated rings. The zero-order chi connectivity index (χ0) is 20.9. The number of benzene rings is 2. The number of imidazole rings is 1. The van der Waals surface area contributed by atoms with Gasteiger partial charge in [-0.1, -0.05) is 42.5 Å². The lowest BCUT2D eigenvalue weighted by Gasteiger charge is -2.16. The first-order valence-corrected chi connectivity index (χ1v) is 10.4.